The predicted octanol–water partition coefficient (Wildman–Crippen LogP) is 3.35. The molecule has 8 nitrogen and oxygen atoms in total. The quantitative estimate of drug-likeness (QED) is 0.411. The molecule has 1 aromatic heterocycles. The Labute approximate surface area is 201 Å². The summed E-state index contributed by atoms with van der Waals surface area (Å²) in [6.07, 6.45) is 0. The van der Waals surface area contributed by atoms with Crippen LogP contribution >= 0.6 is 0 Å². The van der Waals surface area contributed by atoms with E-state index in [1.54, 1.807) is 61.1 Å². The third-order valence-electron chi connectivity index (χ3n) is 5.61. The van der Waals surface area contributed by atoms with E-state index >= 15 is 0 Å². The fourth-order valence-corrected chi connectivity index (χ4v) is 4.70. The number of para-hydroxylation sites is 1. The van der Waals surface area contributed by atoms with Gasteiger partial charge in [0.05, 0.1) is 16.3 Å². The van der Waals surface area contributed by atoms with Crippen LogP contribution in [0.5, 0.6) is 0 Å². The highest BCUT2D eigenvalue weighted by atomic mass is 32.2. The van der Waals surface area contributed by atoms with Crippen LogP contribution < -0.4 is 15.6 Å². The van der Waals surface area contributed by atoms with Crippen molar-refractivity contribution in [1.82, 2.24) is 14.7 Å². The number of nitrogens with zero attached hydrogens (tertiary/aromatic N) is 2. The van der Waals surface area contributed by atoms with Gasteiger partial charge in [-0.2, -0.15) is 0 Å². The first-order valence-electron chi connectivity index (χ1n) is 10.7. The van der Waals surface area contributed by atoms with Crippen molar-refractivity contribution in [3.63, 3.8) is 0 Å². The Morgan fingerprint density at radius 1 is 0.943 bits per heavy atom. The maximum Gasteiger partial charge on any atom is 0.296 e. The molecular formula is C25H23FN4O4S. The maximum absolute atomic E-state index is 13.7. The van der Waals surface area contributed by atoms with Gasteiger partial charge >= 0.3 is 0 Å². The van der Waals surface area contributed by atoms with Crippen molar-refractivity contribution >= 4 is 21.6 Å². The van der Waals surface area contributed by atoms with Crippen LogP contribution in [0.25, 0.3) is 5.69 Å². The first kappa shape index (κ1) is 24.0. The van der Waals surface area contributed by atoms with Crippen molar-refractivity contribution in [3.8, 4) is 5.69 Å². The van der Waals surface area contributed by atoms with E-state index in [1.165, 1.54) is 35.0 Å². The number of carbonyl (C=O) groups is 1. The van der Waals surface area contributed by atoms with Crippen LogP contribution in [0.4, 0.5) is 10.1 Å². The number of amides is 1. The van der Waals surface area contributed by atoms with Gasteiger partial charge in [-0.05, 0) is 49.4 Å². The lowest BCUT2D eigenvalue weighted by molar-refractivity contribution is 0.0950. The van der Waals surface area contributed by atoms with Crippen molar-refractivity contribution in [1.29, 1.82) is 0 Å². The van der Waals surface area contributed by atoms with Crippen LogP contribution in [0.1, 0.15) is 21.6 Å². The molecule has 0 radical (unpaired) electrons. The van der Waals surface area contributed by atoms with Crippen LogP contribution in [0.15, 0.2) is 88.6 Å². The molecular weight excluding hydrogens is 471 g/mol. The number of halogens is 1. The topological polar surface area (TPSA) is 102 Å². The number of nitrogens with one attached hydrogen (secondary N) is 2. The maximum atomic E-state index is 13.7. The van der Waals surface area contributed by atoms with E-state index in [0.29, 0.717) is 16.9 Å². The van der Waals surface area contributed by atoms with E-state index in [2.05, 4.69) is 10.0 Å². The van der Waals surface area contributed by atoms with Gasteiger partial charge in [0.2, 0.25) is 0 Å². The Kier molecular flexibility index (Phi) is 6.57. The predicted molar refractivity (Wildman–Crippen MR) is 131 cm³/mol. The van der Waals surface area contributed by atoms with Crippen molar-refractivity contribution in [2.24, 2.45) is 7.05 Å². The first-order valence-corrected chi connectivity index (χ1v) is 12.2. The molecule has 0 aliphatic carbocycles. The molecule has 0 bridgehead atoms. The monoisotopic (exact) mass is 494 g/mol. The molecule has 0 atom stereocenters. The Balaban J connectivity index is 1.53. The van der Waals surface area contributed by atoms with Gasteiger partial charge in [-0.25, -0.2) is 17.5 Å². The highest BCUT2D eigenvalue weighted by Crippen LogP contribution is 2.19. The lowest BCUT2D eigenvalue weighted by Gasteiger charge is -2.09. The Hall–Kier alpha value is -4.18. The van der Waals surface area contributed by atoms with Crippen LogP contribution in [-0.2, 0) is 23.6 Å². The number of hydrogen-bond donors (Lipinski definition) is 2. The number of benzene rings is 3. The van der Waals surface area contributed by atoms with Gasteiger partial charge in [0, 0.05) is 24.7 Å². The molecule has 2 N–H and O–H groups in total. The summed E-state index contributed by atoms with van der Waals surface area (Å²) < 4.78 is 45.0. The Morgan fingerprint density at radius 3 is 2.23 bits per heavy atom. The summed E-state index contributed by atoms with van der Waals surface area (Å²) in [5.41, 5.74) is 1.00. The van der Waals surface area contributed by atoms with E-state index in [0.717, 1.165) is 0 Å². The summed E-state index contributed by atoms with van der Waals surface area (Å²) in [6.45, 7) is 1.63. The highest BCUT2D eigenvalue weighted by Gasteiger charge is 2.22. The first-order chi connectivity index (χ1) is 16.7. The van der Waals surface area contributed by atoms with Gasteiger partial charge in [-0.1, -0.05) is 36.4 Å². The van der Waals surface area contributed by atoms with E-state index in [-0.39, 0.29) is 22.7 Å². The van der Waals surface area contributed by atoms with Crippen molar-refractivity contribution in [2.45, 2.75) is 18.4 Å². The van der Waals surface area contributed by atoms with Gasteiger partial charge in [-0.15, -0.1) is 0 Å². The molecule has 0 saturated heterocycles. The van der Waals surface area contributed by atoms with Crippen LogP contribution in [0.3, 0.4) is 0 Å². The second kappa shape index (κ2) is 9.59. The molecule has 0 aliphatic rings. The summed E-state index contributed by atoms with van der Waals surface area (Å²) in [4.78, 5) is 25.3. The average molecular weight is 495 g/mol. The van der Waals surface area contributed by atoms with Gasteiger partial charge < -0.3 is 5.32 Å². The molecule has 0 fully saturated rings. The summed E-state index contributed by atoms with van der Waals surface area (Å²) in [7, 11) is -2.44. The van der Waals surface area contributed by atoms with Crippen molar-refractivity contribution in [2.75, 3.05) is 4.72 Å². The Bertz CT molecular complexity index is 1540. The third kappa shape index (κ3) is 4.87. The van der Waals surface area contributed by atoms with E-state index in [4.69, 9.17) is 0 Å². The molecule has 0 aliphatic heterocycles. The molecule has 180 valence electrons. The summed E-state index contributed by atoms with van der Waals surface area (Å²) in [5, 5.41) is 2.60. The molecule has 1 amide bonds. The fraction of sp³-hybridized carbons (Fsp3) is 0.120. The molecule has 35 heavy (non-hydrogen) atoms. The molecule has 3 aromatic carbocycles. The number of sulfonamides is 1. The lowest BCUT2D eigenvalue weighted by atomic mass is 10.2. The molecule has 1 heterocycles. The molecule has 4 aromatic rings. The second-order valence-electron chi connectivity index (χ2n) is 7.84. The SMILES string of the molecule is Cc1c(NS(=O)(=O)c2ccc(C(=O)NCc3ccccc3F)cc2)c(=O)n(-c2ccccc2)n1C. The van der Waals surface area contributed by atoms with Crippen LogP contribution in [-0.4, -0.2) is 23.7 Å². The minimum Gasteiger partial charge on any atom is -0.348 e. The Morgan fingerprint density at radius 2 is 1.57 bits per heavy atom. The smallest absolute Gasteiger partial charge is 0.296 e. The molecule has 0 unspecified atom stereocenters. The summed E-state index contributed by atoms with van der Waals surface area (Å²) in [6, 6.07) is 20.2. The van der Waals surface area contributed by atoms with E-state index < -0.39 is 27.3 Å². The summed E-state index contributed by atoms with van der Waals surface area (Å²) >= 11 is 0. The molecule has 0 spiro atoms. The number of anilines is 1. The van der Waals surface area contributed by atoms with Crippen LogP contribution in [0, 0.1) is 12.7 Å². The second-order valence-corrected chi connectivity index (χ2v) is 9.52. The lowest BCUT2D eigenvalue weighted by Crippen LogP contribution is -2.24. The zero-order valence-corrected chi connectivity index (χ0v) is 19.8. The number of hydrogen-bond acceptors (Lipinski definition) is 4. The zero-order chi connectivity index (χ0) is 25.2. The highest BCUT2D eigenvalue weighted by molar-refractivity contribution is 7.92. The molecule has 4 rings (SSSR count). The van der Waals surface area contributed by atoms with Gasteiger partial charge in [-0.3, -0.25) is 19.0 Å². The number of aromatic nitrogens is 2. The zero-order valence-electron chi connectivity index (χ0n) is 19.0. The van der Waals surface area contributed by atoms with Gasteiger partial charge in [0.1, 0.15) is 11.5 Å². The largest absolute Gasteiger partial charge is 0.348 e. The van der Waals surface area contributed by atoms with Gasteiger partial charge in [0.15, 0.2) is 0 Å². The third-order valence-corrected chi connectivity index (χ3v) is 6.98. The van der Waals surface area contributed by atoms with Crippen LogP contribution in [0.2, 0.25) is 0 Å². The van der Waals surface area contributed by atoms with Gasteiger partial charge in [0.25, 0.3) is 21.5 Å². The fourth-order valence-electron chi connectivity index (χ4n) is 3.58. The minimum absolute atomic E-state index is 0.00587. The normalized spacial score (nSPS) is 11.3. The van der Waals surface area contributed by atoms with Crippen molar-refractivity contribution in [3.05, 3.63) is 112 Å². The molecule has 0 saturated carbocycles. The van der Waals surface area contributed by atoms with E-state index in [1.807, 2.05) is 6.07 Å². The number of carbonyl (C=O) groups excluding carboxylic acids is 1. The summed E-state index contributed by atoms with van der Waals surface area (Å²) in [5.74, 6) is -0.905. The molecule has 10 heteroatoms. The van der Waals surface area contributed by atoms with E-state index in [9.17, 15) is 22.4 Å². The standard InChI is InChI=1S/C25H23FN4O4S/c1-17-23(25(32)30(29(17)2)20-9-4-3-5-10-20)28-35(33,34)21-14-12-18(13-15-21)24(31)27-16-19-8-6-7-11-22(19)26/h3-15,28H,16H2,1-2H3,(H,27,31). The number of rotatable bonds is 7. The van der Waals surface area contributed by atoms with Crippen molar-refractivity contribution < 1.29 is 17.6 Å². The minimum atomic E-state index is -4.11. The average Bonchev–Trinajstić information content (AvgIpc) is 3.06.